The van der Waals surface area contributed by atoms with Crippen LogP contribution in [0.25, 0.3) is 22.1 Å². The van der Waals surface area contributed by atoms with Crippen LogP contribution in [0.15, 0.2) is 88.3 Å². The van der Waals surface area contributed by atoms with Gasteiger partial charge in [-0.15, -0.1) is 0 Å². The molecule has 0 fully saturated rings. The van der Waals surface area contributed by atoms with E-state index in [0.717, 1.165) is 16.7 Å². The highest BCUT2D eigenvalue weighted by Crippen LogP contribution is 2.23. The average molecular weight is 386 g/mol. The lowest BCUT2D eigenvalue weighted by Gasteiger charge is -2.08. The summed E-state index contributed by atoms with van der Waals surface area (Å²) in [7, 11) is 0. The quantitative estimate of drug-likeness (QED) is 0.521. The molecule has 29 heavy (non-hydrogen) atoms. The maximum atomic E-state index is 12.8. The van der Waals surface area contributed by atoms with Gasteiger partial charge >= 0.3 is 5.97 Å². The van der Waals surface area contributed by atoms with Crippen molar-refractivity contribution in [3.63, 3.8) is 0 Å². The summed E-state index contributed by atoms with van der Waals surface area (Å²) < 4.78 is 11.5. The molecule has 1 aromatic heterocycles. The summed E-state index contributed by atoms with van der Waals surface area (Å²) in [4.78, 5) is 23.5. The third-order valence-electron chi connectivity index (χ3n) is 4.61. The molecule has 0 aliphatic heterocycles. The molecule has 0 atom stereocenters. The number of rotatable bonds is 6. The molecule has 0 aliphatic carbocycles. The maximum Gasteiger partial charge on any atom is 0.307 e. The number of aliphatic carboxylic acids is 1. The number of benzene rings is 3. The number of carbonyl (C=O) groups is 1. The van der Waals surface area contributed by atoms with E-state index < -0.39 is 5.97 Å². The van der Waals surface area contributed by atoms with Gasteiger partial charge in [0.15, 0.2) is 5.43 Å². The van der Waals surface area contributed by atoms with Crippen molar-refractivity contribution in [2.24, 2.45) is 0 Å². The van der Waals surface area contributed by atoms with E-state index in [2.05, 4.69) is 0 Å². The molecule has 0 bridgehead atoms. The van der Waals surface area contributed by atoms with Gasteiger partial charge in [0.25, 0.3) is 0 Å². The third kappa shape index (κ3) is 4.19. The number of carboxylic acid groups (broad SMARTS) is 1. The predicted molar refractivity (Wildman–Crippen MR) is 110 cm³/mol. The second-order valence-corrected chi connectivity index (χ2v) is 6.68. The molecule has 0 radical (unpaired) electrons. The second kappa shape index (κ2) is 8.02. The first kappa shape index (κ1) is 18.5. The summed E-state index contributed by atoms with van der Waals surface area (Å²) in [5.74, 6) is -0.273. The molecule has 144 valence electrons. The Morgan fingerprint density at radius 1 is 0.931 bits per heavy atom. The highest BCUT2D eigenvalue weighted by Gasteiger charge is 2.10. The molecule has 3 aromatic carbocycles. The van der Waals surface area contributed by atoms with Crippen LogP contribution in [0.5, 0.6) is 5.75 Å². The lowest BCUT2D eigenvalue weighted by molar-refractivity contribution is -0.136. The van der Waals surface area contributed by atoms with Gasteiger partial charge < -0.3 is 14.3 Å². The fourth-order valence-electron chi connectivity index (χ4n) is 3.11. The highest BCUT2D eigenvalue weighted by molar-refractivity contribution is 5.82. The van der Waals surface area contributed by atoms with E-state index in [4.69, 9.17) is 14.3 Å². The molecule has 1 heterocycles. The molecule has 5 heteroatoms. The Bertz CT molecular complexity index is 1210. The Morgan fingerprint density at radius 2 is 1.66 bits per heavy atom. The maximum absolute atomic E-state index is 12.8. The van der Waals surface area contributed by atoms with Gasteiger partial charge in [-0.1, -0.05) is 54.6 Å². The summed E-state index contributed by atoms with van der Waals surface area (Å²) >= 11 is 0. The predicted octanol–water partition coefficient (Wildman–Crippen LogP) is 4.67. The lowest BCUT2D eigenvalue weighted by atomic mass is 10.1. The largest absolute Gasteiger partial charge is 0.489 e. The second-order valence-electron chi connectivity index (χ2n) is 6.68. The smallest absolute Gasteiger partial charge is 0.307 e. The van der Waals surface area contributed by atoms with Crippen LogP contribution in [0.1, 0.15) is 11.1 Å². The zero-order chi connectivity index (χ0) is 20.2. The topological polar surface area (TPSA) is 76.7 Å². The first-order valence-corrected chi connectivity index (χ1v) is 9.13. The molecule has 4 rings (SSSR count). The molecule has 0 saturated heterocycles. The van der Waals surface area contributed by atoms with Gasteiger partial charge in [0.05, 0.1) is 17.4 Å². The van der Waals surface area contributed by atoms with Crippen molar-refractivity contribution < 1.29 is 19.1 Å². The van der Waals surface area contributed by atoms with E-state index in [0.29, 0.717) is 28.9 Å². The van der Waals surface area contributed by atoms with E-state index in [1.165, 1.54) is 6.26 Å². The minimum Gasteiger partial charge on any atom is -0.489 e. The summed E-state index contributed by atoms with van der Waals surface area (Å²) in [6, 6.07) is 21.8. The molecular formula is C24H18O5. The molecule has 0 spiro atoms. The van der Waals surface area contributed by atoms with Gasteiger partial charge in [0.1, 0.15) is 24.2 Å². The minimum absolute atomic E-state index is 0.00415. The fourth-order valence-corrected chi connectivity index (χ4v) is 3.11. The van der Waals surface area contributed by atoms with Crippen molar-refractivity contribution in [3.05, 3.63) is 100 Å². The molecule has 5 nitrogen and oxygen atoms in total. The molecule has 0 unspecified atom stereocenters. The van der Waals surface area contributed by atoms with Crippen LogP contribution in [-0.2, 0) is 17.8 Å². The molecule has 0 saturated carbocycles. The molecule has 0 amide bonds. The van der Waals surface area contributed by atoms with Gasteiger partial charge in [-0.25, -0.2) is 0 Å². The lowest BCUT2D eigenvalue weighted by Crippen LogP contribution is -2.05. The van der Waals surface area contributed by atoms with Crippen LogP contribution in [0.3, 0.4) is 0 Å². The van der Waals surface area contributed by atoms with Crippen molar-refractivity contribution in [2.45, 2.75) is 13.0 Å². The van der Waals surface area contributed by atoms with Gasteiger partial charge in [-0.2, -0.15) is 0 Å². The van der Waals surface area contributed by atoms with E-state index in [1.54, 1.807) is 30.3 Å². The number of carboxylic acids is 1. The third-order valence-corrected chi connectivity index (χ3v) is 4.61. The minimum atomic E-state index is -0.859. The Labute approximate surface area is 166 Å². The SMILES string of the molecule is O=C(O)Cc1ccc(COc2ccc3c(=O)c(-c4ccccc4)coc3c2)cc1. The fraction of sp³-hybridized carbons (Fsp3) is 0.0833. The van der Waals surface area contributed by atoms with Crippen LogP contribution in [-0.4, -0.2) is 11.1 Å². The molecule has 0 aliphatic rings. The van der Waals surface area contributed by atoms with Gasteiger partial charge in [-0.05, 0) is 28.8 Å². The van der Waals surface area contributed by atoms with Gasteiger partial charge in [0, 0.05) is 6.07 Å². The Morgan fingerprint density at radius 3 is 2.38 bits per heavy atom. The van der Waals surface area contributed by atoms with Crippen molar-refractivity contribution in [1.29, 1.82) is 0 Å². The average Bonchev–Trinajstić information content (AvgIpc) is 2.74. The highest BCUT2D eigenvalue weighted by atomic mass is 16.5. The summed E-state index contributed by atoms with van der Waals surface area (Å²) in [6.07, 6.45) is 1.47. The van der Waals surface area contributed by atoms with Crippen LogP contribution in [0, 0.1) is 0 Å². The summed E-state index contributed by atoms with van der Waals surface area (Å²) in [5, 5.41) is 9.32. The zero-order valence-electron chi connectivity index (χ0n) is 15.5. The van der Waals surface area contributed by atoms with Crippen molar-refractivity contribution in [1.82, 2.24) is 0 Å². The molecular weight excluding hydrogens is 368 g/mol. The van der Waals surface area contributed by atoms with E-state index >= 15 is 0 Å². The normalized spacial score (nSPS) is 10.8. The standard InChI is InChI=1S/C24H18O5/c25-23(26)12-16-6-8-17(9-7-16)14-28-19-10-11-20-22(13-19)29-15-21(24(20)27)18-4-2-1-3-5-18/h1-11,13,15H,12,14H2,(H,25,26). The first-order chi connectivity index (χ1) is 14.1. The Balaban J connectivity index is 1.52. The summed E-state index contributed by atoms with van der Waals surface area (Å²) in [6.45, 7) is 0.325. The van der Waals surface area contributed by atoms with Gasteiger partial charge in [0.2, 0.25) is 0 Å². The van der Waals surface area contributed by atoms with Crippen molar-refractivity contribution >= 4 is 16.9 Å². The van der Waals surface area contributed by atoms with Crippen molar-refractivity contribution in [2.75, 3.05) is 0 Å². The van der Waals surface area contributed by atoms with E-state index in [-0.39, 0.29) is 11.8 Å². The van der Waals surface area contributed by atoms with Crippen LogP contribution in [0.4, 0.5) is 0 Å². The van der Waals surface area contributed by atoms with Crippen LogP contribution < -0.4 is 10.2 Å². The number of fused-ring (bicyclic) bond motifs is 1. The molecule has 4 aromatic rings. The Hall–Kier alpha value is -3.86. The van der Waals surface area contributed by atoms with E-state index in [9.17, 15) is 9.59 Å². The first-order valence-electron chi connectivity index (χ1n) is 9.13. The van der Waals surface area contributed by atoms with Crippen molar-refractivity contribution in [3.8, 4) is 16.9 Å². The number of ether oxygens (including phenoxy) is 1. The summed E-state index contributed by atoms with van der Waals surface area (Å²) in [5.41, 5.74) is 3.37. The van der Waals surface area contributed by atoms with E-state index in [1.807, 2.05) is 42.5 Å². The number of hydrogen-bond donors (Lipinski definition) is 1. The number of hydrogen-bond acceptors (Lipinski definition) is 4. The van der Waals surface area contributed by atoms with Crippen LogP contribution >= 0.6 is 0 Å². The van der Waals surface area contributed by atoms with Crippen LogP contribution in [0.2, 0.25) is 0 Å². The van der Waals surface area contributed by atoms with Gasteiger partial charge in [-0.3, -0.25) is 9.59 Å². The zero-order valence-corrected chi connectivity index (χ0v) is 15.5. The molecule has 1 N–H and O–H groups in total. The monoisotopic (exact) mass is 386 g/mol. The Kier molecular flexibility index (Phi) is 5.12.